The number of aromatic carboxylic acids is 1. The lowest BCUT2D eigenvalue weighted by molar-refractivity contribution is 0.0525. The minimum atomic E-state index is -1.17. The van der Waals surface area contributed by atoms with Crippen LogP contribution in [0.1, 0.15) is 50.2 Å². The van der Waals surface area contributed by atoms with Crippen molar-refractivity contribution in [3.63, 3.8) is 0 Å². The predicted molar refractivity (Wildman–Crippen MR) is 169 cm³/mol. The predicted octanol–water partition coefficient (Wildman–Crippen LogP) is 5.88. The average molecular weight is 653 g/mol. The van der Waals surface area contributed by atoms with Gasteiger partial charge in [0.15, 0.2) is 11.4 Å². The fourth-order valence-corrected chi connectivity index (χ4v) is 4.90. The smallest absolute Gasteiger partial charge is 0.342 e. The molecule has 0 saturated heterocycles. The second kappa shape index (κ2) is 13.9. The first-order valence-electron chi connectivity index (χ1n) is 13.6. The van der Waals surface area contributed by atoms with Gasteiger partial charge in [0, 0.05) is 35.6 Å². The van der Waals surface area contributed by atoms with Crippen LogP contribution in [0.25, 0.3) is 21.8 Å². The van der Waals surface area contributed by atoms with Crippen LogP contribution < -0.4 is 0 Å². The molecule has 2 aromatic carbocycles. The summed E-state index contributed by atoms with van der Waals surface area (Å²) in [5.74, 6) is -1.72. The largest absolute Gasteiger partial charge is 0.478 e. The lowest BCUT2D eigenvalue weighted by atomic mass is 10.1. The molecule has 6 rings (SSSR count). The van der Waals surface area contributed by atoms with E-state index in [9.17, 15) is 9.59 Å². The molecular formula is C32H22Cl2N8O4. The van der Waals surface area contributed by atoms with Crippen LogP contribution in [0, 0.1) is 22.7 Å². The zero-order chi connectivity index (χ0) is 32.8. The molecule has 0 amide bonds. The number of aromatic nitrogens is 6. The van der Waals surface area contributed by atoms with Crippen LogP contribution in [0.2, 0.25) is 10.0 Å². The minimum Gasteiger partial charge on any atom is -0.478 e. The van der Waals surface area contributed by atoms with Crippen molar-refractivity contribution in [2.75, 3.05) is 6.61 Å². The molecule has 12 nitrogen and oxygen atoms in total. The van der Waals surface area contributed by atoms with Crippen LogP contribution in [0.3, 0.4) is 0 Å². The Labute approximate surface area is 271 Å². The highest BCUT2D eigenvalue weighted by atomic mass is 35.5. The van der Waals surface area contributed by atoms with Crippen molar-refractivity contribution in [3.05, 3.63) is 117 Å². The Morgan fingerprint density at radius 2 is 1.28 bits per heavy atom. The summed E-state index contributed by atoms with van der Waals surface area (Å²) in [6.45, 7) is 2.72. The number of carbonyl (C=O) groups is 2. The maximum absolute atomic E-state index is 11.9. The van der Waals surface area contributed by atoms with Crippen LogP contribution in [0.5, 0.6) is 0 Å². The summed E-state index contributed by atoms with van der Waals surface area (Å²) in [7, 11) is 0. The van der Waals surface area contributed by atoms with E-state index in [1.807, 2.05) is 48.5 Å². The van der Waals surface area contributed by atoms with E-state index in [1.165, 1.54) is 17.1 Å². The summed E-state index contributed by atoms with van der Waals surface area (Å²) in [4.78, 5) is 31.3. The number of carboxylic acid groups (broad SMARTS) is 1. The molecule has 0 aliphatic heterocycles. The van der Waals surface area contributed by atoms with Gasteiger partial charge in [0.25, 0.3) is 0 Å². The van der Waals surface area contributed by atoms with Crippen molar-refractivity contribution in [1.82, 2.24) is 29.5 Å². The van der Waals surface area contributed by atoms with Crippen molar-refractivity contribution in [2.45, 2.75) is 20.0 Å². The number of ether oxygens (including phenoxy) is 1. The normalized spacial score (nSPS) is 10.5. The summed E-state index contributed by atoms with van der Waals surface area (Å²) in [5, 5.41) is 38.1. The number of carbonyl (C=O) groups excluding carboxylic acids is 1. The van der Waals surface area contributed by atoms with Gasteiger partial charge in [-0.1, -0.05) is 35.3 Å². The summed E-state index contributed by atoms with van der Waals surface area (Å²) in [6.07, 6.45) is 6.05. The van der Waals surface area contributed by atoms with E-state index in [4.69, 9.17) is 43.6 Å². The van der Waals surface area contributed by atoms with Gasteiger partial charge < -0.3 is 9.84 Å². The first-order valence-corrected chi connectivity index (χ1v) is 14.4. The van der Waals surface area contributed by atoms with Gasteiger partial charge in [-0.25, -0.2) is 9.59 Å². The van der Waals surface area contributed by atoms with Gasteiger partial charge in [-0.2, -0.15) is 20.7 Å². The fourth-order valence-electron chi connectivity index (χ4n) is 4.56. The number of esters is 1. The van der Waals surface area contributed by atoms with E-state index in [0.29, 0.717) is 23.1 Å². The number of benzene rings is 2. The van der Waals surface area contributed by atoms with E-state index in [1.54, 1.807) is 36.1 Å². The molecule has 6 aromatic rings. The van der Waals surface area contributed by atoms with E-state index >= 15 is 0 Å². The summed E-state index contributed by atoms with van der Waals surface area (Å²) >= 11 is 11.9. The third-order valence-corrected chi connectivity index (χ3v) is 6.99. The molecule has 14 heteroatoms. The Bertz CT molecular complexity index is 2200. The molecule has 4 aromatic heterocycles. The zero-order valence-corrected chi connectivity index (χ0v) is 25.6. The molecule has 0 saturated carbocycles. The Hall–Kier alpha value is -5.82. The van der Waals surface area contributed by atoms with Gasteiger partial charge in [-0.05, 0) is 54.4 Å². The van der Waals surface area contributed by atoms with Crippen molar-refractivity contribution in [1.29, 1.82) is 10.5 Å². The number of carboxylic acids is 1. The first-order chi connectivity index (χ1) is 22.2. The van der Waals surface area contributed by atoms with Crippen molar-refractivity contribution >= 4 is 56.9 Å². The molecule has 1 N–H and O–H groups in total. The molecule has 0 bridgehead atoms. The molecule has 0 spiro atoms. The summed E-state index contributed by atoms with van der Waals surface area (Å²) < 4.78 is 7.92. The van der Waals surface area contributed by atoms with Crippen molar-refractivity contribution in [3.8, 4) is 12.1 Å². The van der Waals surface area contributed by atoms with Gasteiger partial charge in [-0.15, -0.1) is 0 Å². The Morgan fingerprint density at radius 3 is 1.72 bits per heavy atom. The number of hydrogen-bond acceptors (Lipinski definition) is 9. The molecule has 0 atom stereocenters. The van der Waals surface area contributed by atoms with Crippen molar-refractivity contribution in [2.24, 2.45) is 0 Å². The van der Waals surface area contributed by atoms with Gasteiger partial charge in [0.05, 0.1) is 40.8 Å². The van der Waals surface area contributed by atoms with Crippen LogP contribution in [-0.2, 0) is 17.8 Å². The quantitative estimate of drug-likeness (QED) is 0.205. The number of hydrogen-bond donors (Lipinski definition) is 1. The lowest BCUT2D eigenvalue weighted by Crippen LogP contribution is -2.05. The van der Waals surface area contributed by atoms with E-state index < -0.39 is 11.9 Å². The minimum absolute atomic E-state index is 0.0546. The first kappa shape index (κ1) is 31.6. The highest BCUT2D eigenvalue weighted by molar-refractivity contribution is 6.31. The number of halogens is 2. The van der Waals surface area contributed by atoms with Gasteiger partial charge >= 0.3 is 11.9 Å². The number of nitrogens with zero attached hydrogens (tertiary/aromatic N) is 8. The van der Waals surface area contributed by atoms with E-state index in [-0.39, 0.29) is 29.1 Å². The van der Waals surface area contributed by atoms with Gasteiger partial charge in [-0.3, -0.25) is 19.3 Å². The molecule has 0 radical (unpaired) electrons. The second-order valence-corrected chi connectivity index (χ2v) is 10.7. The fraction of sp³-hybridized carbons (Fsp3) is 0.125. The topological polar surface area (TPSA) is 173 Å². The Kier molecular flexibility index (Phi) is 9.53. The Morgan fingerprint density at radius 1 is 0.804 bits per heavy atom. The van der Waals surface area contributed by atoms with E-state index in [0.717, 1.165) is 32.9 Å². The van der Waals surface area contributed by atoms with Crippen LogP contribution >= 0.6 is 23.2 Å². The second-order valence-electron chi connectivity index (χ2n) is 9.79. The highest BCUT2D eigenvalue weighted by Gasteiger charge is 2.18. The monoisotopic (exact) mass is 652 g/mol. The molecule has 4 heterocycles. The van der Waals surface area contributed by atoms with Crippen LogP contribution in [-0.4, -0.2) is 53.2 Å². The van der Waals surface area contributed by atoms with Gasteiger partial charge in [0.1, 0.15) is 23.3 Å². The van der Waals surface area contributed by atoms with Crippen LogP contribution in [0.4, 0.5) is 0 Å². The molecule has 0 aliphatic rings. The SMILES string of the molecule is CCOC(=O)c1cn(Cc2ccc3ncc(Cl)cc3c2)nc1C#N.N#Cc1nn(Cc2ccc3ncc(Cl)cc3c2)cc1C(=O)O. The van der Waals surface area contributed by atoms with Gasteiger partial charge in [0.2, 0.25) is 0 Å². The van der Waals surface area contributed by atoms with Crippen LogP contribution in [0.15, 0.2) is 73.3 Å². The summed E-state index contributed by atoms with van der Waals surface area (Å²) in [5.41, 5.74) is 3.54. The maximum atomic E-state index is 11.9. The number of rotatable bonds is 7. The Balaban J connectivity index is 0.000000182. The third-order valence-electron chi connectivity index (χ3n) is 6.57. The maximum Gasteiger partial charge on any atom is 0.342 e. The zero-order valence-electron chi connectivity index (χ0n) is 24.1. The molecular weight excluding hydrogens is 631 g/mol. The molecule has 0 aliphatic carbocycles. The third kappa shape index (κ3) is 7.27. The number of nitriles is 2. The number of pyridine rings is 2. The standard InChI is InChI=1S/C17H13ClN4O2.C15H9ClN4O2/c1-2-24-17(23)14-10-22(21-16(14)7-19)9-11-3-4-15-12(5-11)6-13(18)8-20-15;16-11-4-10-3-9(1-2-13(10)18-6-11)7-20-8-12(15(21)22)14(5-17)19-20/h3-6,8,10H,2,9H2,1H3;1-4,6,8H,7H2,(H,21,22). The highest BCUT2D eigenvalue weighted by Crippen LogP contribution is 2.21. The van der Waals surface area contributed by atoms with Crippen molar-refractivity contribution < 1.29 is 19.4 Å². The number of fused-ring (bicyclic) bond motifs is 2. The lowest BCUT2D eigenvalue weighted by Gasteiger charge is -2.04. The molecule has 0 fully saturated rings. The average Bonchev–Trinajstić information content (AvgIpc) is 3.65. The molecule has 46 heavy (non-hydrogen) atoms. The molecule has 0 unspecified atom stereocenters. The summed E-state index contributed by atoms with van der Waals surface area (Å²) in [6, 6.07) is 18.7. The molecule has 228 valence electrons. The van der Waals surface area contributed by atoms with E-state index in [2.05, 4.69) is 20.2 Å².